The SMILES string of the molecule is CCCCc1ccc2nc(NNC(=O)c3ccc(C)cc3C)sc2c1. The number of nitrogens with zero attached hydrogens (tertiary/aromatic N) is 1. The van der Waals surface area contributed by atoms with Crippen LogP contribution in [0.15, 0.2) is 36.4 Å². The zero-order chi connectivity index (χ0) is 17.8. The molecule has 4 nitrogen and oxygen atoms in total. The van der Waals surface area contributed by atoms with Gasteiger partial charge in [-0.1, -0.05) is 48.4 Å². The fourth-order valence-corrected chi connectivity index (χ4v) is 3.69. The number of hydrogen-bond acceptors (Lipinski definition) is 4. The van der Waals surface area contributed by atoms with Crippen LogP contribution in [0.5, 0.6) is 0 Å². The van der Waals surface area contributed by atoms with E-state index in [4.69, 9.17) is 0 Å². The first-order chi connectivity index (χ1) is 12.1. The van der Waals surface area contributed by atoms with E-state index >= 15 is 0 Å². The number of aromatic nitrogens is 1. The van der Waals surface area contributed by atoms with Crippen LogP contribution in [0.4, 0.5) is 5.13 Å². The van der Waals surface area contributed by atoms with Crippen LogP contribution >= 0.6 is 11.3 Å². The Bertz CT molecular complexity index is 901. The normalized spacial score (nSPS) is 10.8. The quantitative estimate of drug-likeness (QED) is 0.612. The van der Waals surface area contributed by atoms with Crippen LogP contribution in [0, 0.1) is 13.8 Å². The van der Waals surface area contributed by atoms with E-state index in [1.165, 1.54) is 18.4 Å². The van der Waals surface area contributed by atoms with Gasteiger partial charge in [-0.2, -0.15) is 0 Å². The molecule has 1 heterocycles. The number of aryl methyl sites for hydroxylation is 3. The summed E-state index contributed by atoms with van der Waals surface area (Å²) in [6.07, 6.45) is 3.48. The van der Waals surface area contributed by atoms with Gasteiger partial charge in [-0.15, -0.1) is 0 Å². The van der Waals surface area contributed by atoms with Gasteiger partial charge in [-0.05, 0) is 56.0 Å². The Balaban J connectivity index is 1.69. The fourth-order valence-electron chi connectivity index (χ4n) is 2.80. The summed E-state index contributed by atoms with van der Waals surface area (Å²) >= 11 is 1.55. The Hall–Kier alpha value is -2.40. The van der Waals surface area contributed by atoms with Crippen molar-refractivity contribution < 1.29 is 4.79 Å². The molecule has 0 aliphatic rings. The van der Waals surface area contributed by atoms with Gasteiger partial charge in [0.15, 0.2) is 0 Å². The van der Waals surface area contributed by atoms with Crippen LogP contribution in [0.25, 0.3) is 10.2 Å². The van der Waals surface area contributed by atoms with Gasteiger partial charge in [0.2, 0.25) is 5.13 Å². The Labute approximate surface area is 152 Å². The Morgan fingerprint density at radius 1 is 1.16 bits per heavy atom. The molecule has 0 fully saturated rings. The average Bonchev–Trinajstić information content (AvgIpc) is 3.00. The van der Waals surface area contributed by atoms with Crippen LogP contribution in [-0.2, 0) is 6.42 Å². The number of unbranched alkanes of at least 4 members (excludes halogenated alkanes) is 1. The number of benzene rings is 2. The van der Waals surface area contributed by atoms with Crippen molar-refractivity contribution in [2.45, 2.75) is 40.0 Å². The molecule has 0 aliphatic heterocycles. The molecule has 2 aromatic carbocycles. The van der Waals surface area contributed by atoms with E-state index in [0.717, 1.165) is 27.8 Å². The van der Waals surface area contributed by atoms with Gasteiger partial charge < -0.3 is 0 Å². The highest BCUT2D eigenvalue weighted by atomic mass is 32.1. The zero-order valence-corrected chi connectivity index (χ0v) is 15.7. The Morgan fingerprint density at radius 3 is 2.76 bits per heavy atom. The van der Waals surface area contributed by atoms with Crippen molar-refractivity contribution in [2.24, 2.45) is 0 Å². The molecule has 1 amide bonds. The standard InChI is InChI=1S/C20H23N3OS/c1-4-5-6-15-8-10-17-18(12-15)25-20(21-17)23-22-19(24)16-9-7-13(2)11-14(16)3/h7-12H,4-6H2,1-3H3,(H,21,23)(H,22,24). The second kappa shape index (κ2) is 7.66. The maximum atomic E-state index is 12.3. The maximum Gasteiger partial charge on any atom is 0.269 e. The van der Waals surface area contributed by atoms with Crippen molar-refractivity contribution >= 4 is 32.6 Å². The van der Waals surface area contributed by atoms with E-state index in [2.05, 4.69) is 34.9 Å². The van der Waals surface area contributed by atoms with Crippen molar-refractivity contribution in [3.8, 4) is 0 Å². The van der Waals surface area contributed by atoms with Crippen LogP contribution in [0.3, 0.4) is 0 Å². The summed E-state index contributed by atoms with van der Waals surface area (Å²) in [4.78, 5) is 16.9. The highest BCUT2D eigenvalue weighted by Gasteiger charge is 2.10. The van der Waals surface area contributed by atoms with Crippen LogP contribution in [0.1, 0.15) is 46.8 Å². The molecule has 0 radical (unpaired) electrons. The summed E-state index contributed by atoms with van der Waals surface area (Å²) in [5, 5.41) is 0.695. The average molecular weight is 353 g/mol. The summed E-state index contributed by atoms with van der Waals surface area (Å²) in [5.41, 5.74) is 10.8. The number of carbonyl (C=O) groups excluding carboxylic acids is 1. The molecule has 1 aromatic heterocycles. The molecule has 3 aromatic rings. The number of carbonyl (C=O) groups is 1. The van der Waals surface area contributed by atoms with Gasteiger partial charge in [0.25, 0.3) is 5.91 Å². The lowest BCUT2D eigenvalue weighted by atomic mass is 10.1. The minimum atomic E-state index is -0.152. The first-order valence-corrected chi connectivity index (χ1v) is 9.41. The Kier molecular flexibility index (Phi) is 5.34. The van der Waals surface area contributed by atoms with E-state index in [0.29, 0.717) is 10.7 Å². The molecule has 2 N–H and O–H groups in total. The van der Waals surface area contributed by atoms with E-state index in [-0.39, 0.29) is 5.91 Å². The smallest absolute Gasteiger partial charge is 0.269 e. The lowest BCUT2D eigenvalue weighted by Gasteiger charge is -2.08. The number of rotatable bonds is 6. The predicted octanol–water partition coefficient (Wildman–Crippen LogP) is 5.01. The third kappa shape index (κ3) is 4.17. The molecule has 0 saturated heterocycles. The van der Waals surface area contributed by atoms with E-state index in [1.807, 2.05) is 38.1 Å². The predicted molar refractivity (Wildman–Crippen MR) is 105 cm³/mol. The highest BCUT2D eigenvalue weighted by molar-refractivity contribution is 7.22. The highest BCUT2D eigenvalue weighted by Crippen LogP contribution is 2.27. The van der Waals surface area contributed by atoms with Crippen LogP contribution < -0.4 is 10.9 Å². The number of hydrogen-bond donors (Lipinski definition) is 2. The molecule has 25 heavy (non-hydrogen) atoms. The second-order valence-corrected chi connectivity index (χ2v) is 7.35. The van der Waals surface area contributed by atoms with Crippen molar-refractivity contribution in [3.05, 3.63) is 58.7 Å². The van der Waals surface area contributed by atoms with E-state index in [1.54, 1.807) is 11.3 Å². The summed E-state index contributed by atoms with van der Waals surface area (Å²) in [7, 11) is 0. The van der Waals surface area contributed by atoms with Gasteiger partial charge in [-0.3, -0.25) is 15.6 Å². The summed E-state index contributed by atoms with van der Waals surface area (Å²) < 4.78 is 1.14. The molecule has 130 valence electrons. The first kappa shape index (κ1) is 17.4. The molecule has 0 aliphatic carbocycles. The van der Waals surface area contributed by atoms with Crippen LogP contribution in [-0.4, -0.2) is 10.9 Å². The molecular formula is C20H23N3OS. The third-order valence-electron chi connectivity index (χ3n) is 4.18. The molecule has 0 spiro atoms. The number of thiazole rings is 1. The fraction of sp³-hybridized carbons (Fsp3) is 0.300. The second-order valence-electron chi connectivity index (χ2n) is 6.32. The third-order valence-corrected chi connectivity index (χ3v) is 5.11. The number of fused-ring (bicyclic) bond motifs is 1. The van der Waals surface area contributed by atoms with Gasteiger partial charge in [0, 0.05) is 5.56 Å². The maximum absolute atomic E-state index is 12.3. The van der Waals surface area contributed by atoms with Gasteiger partial charge in [-0.25, -0.2) is 4.98 Å². The van der Waals surface area contributed by atoms with Crippen molar-refractivity contribution in [1.82, 2.24) is 10.4 Å². The molecule has 0 unspecified atom stereocenters. The molecule has 0 atom stereocenters. The van der Waals surface area contributed by atoms with Gasteiger partial charge >= 0.3 is 0 Å². The zero-order valence-electron chi connectivity index (χ0n) is 14.8. The molecule has 3 rings (SSSR count). The van der Waals surface area contributed by atoms with Crippen molar-refractivity contribution in [2.75, 3.05) is 5.43 Å². The number of amides is 1. The Morgan fingerprint density at radius 2 is 2.00 bits per heavy atom. The summed E-state index contributed by atoms with van der Waals surface area (Å²) in [6.45, 7) is 6.16. The molecule has 0 saturated carbocycles. The topological polar surface area (TPSA) is 54.0 Å². The van der Waals surface area contributed by atoms with Gasteiger partial charge in [0.1, 0.15) is 0 Å². The molecule has 5 heteroatoms. The number of anilines is 1. The monoisotopic (exact) mass is 353 g/mol. The first-order valence-electron chi connectivity index (χ1n) is 8.60. The number of nitrogens with one attached hydrogen (secondary N) is 2. The van der Waals surface area contributed by atoms with Crippen molar-refractivity contribution in [1.29, 1.82) is 0 Å². The molecular weight excluding hydrogens is 330 g/mol. The minimum Gasteiger partial charge on any atom is -0.273 e. The minimum absolute atomic E-state index is 0.152. The lowest BCUT2D eigenvalue weighted by Crippen LogP contribution is -2.29. The van der Waals surface area contributed by atoms with Crippen molar-refractivity contribution in [3.63, 3.8) is 0 Å². The van der Waals surface area contributed by atoms with E-state index < -0.39 is 0 Å². The lowest BCUT2D eigenvalue weighted by molar-refractivity contribution is 0.0962. The van der Waals surface area contributed by atoms with Crippen LogP contribution in [0.2, 0.25) is 0 Å². The number of hydrazine groups is 1. The van der Waals surface area contributed by atoms with Gasteiger partial charge in [0.05, 0.1) is 10.2 Å². The summed E-state index contributed by atoms with van der Waals surface area (Å²) in [5.74, 6) is -0.152. The van der Waals surface area contributed by atoms with E-state index in [9.17, 15) is 4.79 Å². The summed E-state index contributed by atoms with van der Waals surface area (Å²) in [6, 6.07) is 12.2. The largest absolute Gasteiger partial charge is 0.273 e. The molecule has 0 bridgehead atoms.